The third kappa shape index (κ3) is 2.04. The number of nitrogens with zero attached hydrogens (tertiary/aromatic N) is 1. The molecule has 1 aromatic carbocycles. The summed E-state index contributed by atoms with van der Waals surface area (Å²) < 4.78 is 5.45. The summed E-state index contributed by atoms with van der Waals surface area (Å²) in [4.78, 5) is 4.54. The molecule has 2 aromatic rings. The van der Waals surface area contributed by atoms with E-state index in [2.05, 4.69) is 4.98 Å². The standard InChI is InChI=1S/C14H14ClNO2/c15-11-5-1-3-9-7-12(17)14(16-13(9)11)10-4-2-6-18-8-10/h1,3,5,7,10,17H,2,4,6,8H2. The van der Waals surface area contributed by atoms with Crippen molar-refractivity contribution in [2.75, 3.05) is 13.2 Å². The van der Waals surface area contributed by atoms with E-state index in [0.29, 0.717) is 17.3 Å². The fraction of sp³-hybridized carbons (Fsp3) is 0.357. The molecule has 0 saturated carbocycles. The minimum absolute atomic E-state index is 0.166. The predicted molar refractivity (Wildman–Crippen MR) is 71.2 cm³/mol. The average Bonchev–Trinajstić information content (AvgIpc) is 2.39. The SMILES string of the molecule is Oc1cc2cccc(Cl)c2nc1C1CCCOC1. The number of hydrogen-bond acceptors (Lipinski definition) is 3. The first kappa shape index (κ1) is 11.8. The lowest BCUT2D eigenvalue weighted by molar-refractivity contribution is 0.0786. The maximum absolute atomic E-state index is 10.1. The number of rotatable bonds is 1. The van der Waals surface area contributed by atoms with Crippen LogP contribution in [0, 0.1) is 0 Å². The molecule has 0 spiro atoms. The number of aromatic hydroxyl groups is 1. The zero-order chi connectivity index (χ0) is 12.5. The van der Waals surface area contributed by atoms with Gasteiger partial charge < -0.3 is 9.84 Å². The molecule has 3 rings (SSSR count). The second kappa shape index (κ2) is 4.75. The van der Waals surface area contributed by atoms with E-state index in [1.54, 1.807) is 6.07 Å². The number of para-hydroxylation sites is 1. The molecule has 1 N–H and O–H groups in total. The van der Waals surface area contributed by atoms with Crippen molar-refractivity contribution in [2.24, 2.45) is 0 Å². The van der Waals surface area contributed by atoms with Gasteiger partial charge in [-0.05, 0) is 25.0 Å². The Morgan fingerprint density at radius 2 is 2.28 bits per heavy atom. The summed E-state index contributed by atoms with van der Waals surface area (Å²) in [6.45, 7) is 1.42. The van der Waals surface area contributed by atoms with Crippen LogP contribution in [0.15, 0.2) is 24.3 Å². The predicted octanol–water partition coefficient (Wildman–Crippen LogP) is 3.49. The molecule has 4 heteroatoms. The van der Waals surface area contributed by atoms with Gasteiger partial charge in [-0.2, -0.15) is 0 Å². The van der Waals surface area contributed by atoms with Gasteiger partial charge in [0.05, 0.1) is 22.8 Å². The zero-order valence-corrected chi connectivity index (χ0v) is 10.7. The molecule has 1 fully saturated rings. The Bertz CT molecular complexity index is 579. The smallest absolute Gasteiger partial charge is 0.138 e. The summed E-state index contributed by atoms with van der Waals surface area (Å²) in [5.41, 5.74) is 1.45. The molecule has 1 aliphatic rings. The van der Waals surface area contributed by atoms with Gasteiger partial charge in [-0.3, -0.25) is 0 Å². The van der Waals surface area contributed by atoms with Gasteiger partial charge in [0.15, 0.2) is 0 Å². The lowest BCUT2D eigenvalue weighted by Crippen LogP contribution is -2.16. The van der Waals surface area contributed by atoms with Crippen LogP contribution in [0.5, 0.6) is 5.75 Å². The Kier molecular flexibility index (Phi) is 3.10. The van der Waals surface area contributed by atoms with Crippen molar-refractivity contribution in [3.63, 3.8) is 0 Å². The second-order valence-corrected chi connectivity index (χ2v) is 5.03. The number of hydrogen-bond donors (Lipinski definition) is 1. The third-order valence-corrected chi connectivity index (χ3v) is 3.66. The number of fused-ring (bicyclic) bond motifs is 1. The van der Waals surface area contributed by atoms with E-state index in [0.717, 1.165) is 30.4 Å². The van der Waals surface area contributed by atoms with Crippen molar-refractivity contribution in [1.82, 2.24) is 4.98 Å². The van der Waals surface area contributed by atoms with Crippen LogP contribution in [-0.4, -0.2) is 23.3 Å². The lowest BCUT2D eigenvalue weighted by Gasteiger charge is -2.22. The maximum Gasteiger partial charge on any atom is 0.138 e. The van der Waals surface area contributed by atoms with Crippen molar-refractivity contribution in [2.45, 2.75) is 18.8 Å². The van der Waals surface area contributed by atoms with E-state index in [4.69, 9.17) is 16.3 Å². The van der Waals surface area contributed by atoms with E-state index >= 15 is 0 Å². The van der Waals surface area contributed by atoms with Gasteiger partial charge in [-0.15, -0.1) is 0 Å². The topological polar surface area (TPSA) is 42.4 Å². The minimum Gasteiger partial charge on any atom is -0.506 e. The van der Waals surface area contributed by atoms with Crippen LogP contribution in [0.25, 0.3) is 10.9 Å². The highest BCUT2D eigenvalue weighted by Crippen LogP contribution is 2.34. The van der Waals surface area contributed by atoms with Crippen LogP contribution >= 0.6 is 11.6 Å². The highest BCUT2D eigenvalue weighted by Gasteiger charge is 2.21. The number of benzene rings is 1. The molecule has 3 nitrogen and oxygen atoms in total. The molecule has 1 atom stereocenters. The van der Waals surface area contributed by atoms with Gasteiger partial charge >= 0.3 is 0 Å². The number of halogens is 1. The van der Waals surface area contributed by atoms with Gasteiger partial charge in [0.25, 0.3) is 0 Å². The molecule has 94 valence electrons. The summed E-state index contributed by atoms with van der Waals surface area (Å²) in [7, 11) is 0. The average molecular weight is 264 g/mol. The highest BCUT2D eigenvalue weighted by atomic mass is 35.5. The largest absolute Gasteiger partial charge is 0.506 e. The molecule has 18 heavy (non-hydrogen) atoms. The number of aromatic nitrogens is 1. The van der Waals surface area contributed by atoms with Gasteiger partial charge in [0.2, 0.25) is 0 Å². The molecule has 1 aliphatic heterocycles. The molecule has 2 heterocycles. The van der Waals surface area contributed by atoms with Crippen LogP contribution < -0.4 is 0 Å². The van der Waals surface area contributed by atoms with Crippen molar-refractivity contribution >= 4 is 22.5 Å². The van der Waals surface area contributed by atoms with Crippen molar-refractivity contribution in [3.8, 4) is 5.75 Å². The fourth-order valence-corrected chi connectivity index (χ4v) is 2.65. The van der Waals surface area contributed by atoms with Gasteiger partial charge in [-0.25, -0.2) is 4.98 Å². The molecular formula is C14H14ClNO2. The first-order chi connectivity index (χ1) is 8.75. The Morgan fingerprint density at radius 3 is 3.06 bits per heavy atom. The summed E-state index contributed by atoms with van der Waals surface area (Å²) in [5.74, 6) is 0.402. The monoisotopic (exact) mass is 263 g/mol. The van der Waals surface area contributed by atoms with E-state index < -0.39 is 0 Å². The molecular weight excluding hydrogens is 250 g/mol. The summed E-state index contributed by atoms with van der Waals surface area (Å²) >= 11 is 6.14. The second-order valence-electron chi connectivity index (χ2n) is 4.62. The van der Waals surface area contributed by atoms with Crippen LogP contribution in [0.4, 0.5) is 0 Å². The van der Waals surface area contributed by atoms with E-state index in [1.807, 2.05) is 18.2 Å². The summed E-state index contributed by atoms with van der Waals surface area (Å²) in [6.07, 6.45) is 2.00. The van der Waals surface area contributed by atoms with Crippen molar-refractivity contribution in [1.29, 1.82) is 0 Å². The molecule has 1 unspecified atom stereocenters. The molecule has 0 radical (unpaired) electrons. The Balaban J connectivity index is 2.11. The molecule has 0 aliphatic carbocycles. The van der Waals surface area contributed by atoms with Gasteiger partial charge in [0.1, 0.15) is 5.75 Å². The van der Waals surface area contributed by atoms with Crippen LogP contribution in [0.2, 0.25) is 5.02 Å². The first-order valence-corrected chi connectivity index (χ1v) is 6.49. The molecule has 1 aromatic heterocycles. The van der Waals surface area contributed by atoms with Gasteiger partial charge in [0, 0.05) is 17.9 Å². The zero-order valence-electron chi connectivity index (χ0n) is 9.90. The number of pyridine rings is 1. The Hall–Kier alpha value is -1.32. The van der Waals surface area contributed by atoms with Crippen LogP contribution in [0.1, 0.15) is 24.5 Å². The normalized spacial score (nSPS) is 20.2. The number of ether oxygens (including phenoxy) is 1. The first-order valence-electron chi connectivity index (χ1n) is 6.11. The quantitative estimate of drug-likeness (QED) is 0.856. The fourth-order valence-electron chi connectivity index (χ4n) is 2.42. The Morgan fingerprint density at radius 1 is 1.39 bits per heavy atom. The summed E-state index contributed by atoms with van der Waals surface area (Å²) in [5, 5.41) is 11.6. The highest BCUT2D eigenvalue weighted by molar-refractivity contribution is 6.35. The summed E-state index contributed by atoms with van der Waals surface area (Å²) in [6, 6.07) is 7.30. The molecule has 1 saturated heterocycles. The van der Waals surface area contributed by atoms with E-state index in [1.165, 1.54) is 0 Å². The lowest BCUT2D eigenvalue weighted by atomic mass is 9.96. The van der Waals surface area contributed by atoms with Crippen LogP contribution in [0.3, 0.4) is 0 Å². The maximum atomic E-state index is 10.1. The molecule has 0 bridgehead atoms. The van der Waals surface area contributed by atoms with E-state index in [9.17, 15) is 5.11 Å². The Labute approximate surface area is 110 Å². The van der Waals surface area contributed by atoms with Crippen LogP contribution in [-0.2, 0) is 4.74 Å². The van der Waals surface area contributed by atoms with E-state index in [-0.39, 0.29) is 11.7 Å². The third-order valence-electron chi connectivity index (χ3n) is 3.35. The minimum atomic E-state index is 0.166. The van der Waals surface area contributed by atoms with Crippen molar-refractivity contribution < 1.29 is 9.84 Å². The molecule has 0 amide bonds. The van der Waals surface area contributed by atoms with Gasteiger partial charge in [-0.1, -0.05) is 23.7 Å². The van der Waals surface area contributed by atoms with Crippen molar-refractivity contribution in [3.05, 3.63) is 35.0 Å².